The summed E-state index contributed by atoms with van der Waals surface area (Å²) in [6.45, 7) is 8.22. The Morgan fingerprint density at radius 1 is 1.26 bits per heavy atom. The summed E-state index contributed by atoms with van der Waals surface area (Å²) in [7, 11) is 0. The number of piperazine rings is 1. The molecule has 1 aromatic heterocycles. The first-order chi connectivity index (χ1) is 11.0. The molecule has 1 aliphatic heterocycles. The van der Waals surface area contributed by atoms with E-state index in [1.54, 1.807) is 12.1 Å². The third kappa shape index (κ3) is 3.82. The zero-order valence-corrected chi connectivity index (χ0v) is 14.9. The van der Waals surface area contributed by atoms with Gasteiger partial charge in [0.05, 0.1) is 0 Å². The lowest BCUT2D eigenvalue weighted by molar-refractivity contribution is 0.246. The standard InChI is InChI=1S/C16H20ClFN4S/c1-11(2)15-19-16(23-20-15)22-8-6-21(7-9-22)10-12-13(17)4-3-5-14(12)18/h3-5,11H,6-10H2,1-2H3. The van der Waals surface area contributed by atoms with Gasteiger partial charge in [-0.05, 0) is 12.1 Å². The van der Waals surface area contributed by atoms with Gasteiger partial charge in [-0.2, -0.15) is 4.37 Å². The fraction of sp³-hybridized carbons (Fsp3) is 0.500. The molecule has 2 aromatic rings. The van der Waals surface area contributed by atoms with E-state index >= 15 is 0 Å². The van der Waals surface area contributed by atoms with Crippen molar-refractivity contribution in [2.45, 2.75) is 26.3 Å². The van der Waals surface area contributed by atoms with Crippen LogP contribution < -0.4 is 4.90 Å². The van der Waals surface area contributed by atoms with Crippen molar-refractivity contribution in [3.63, 3.8) is 0 Å². The molecule has 3 rings (SSSR count). The molecule has 1 saturated heterocycles. The lowest BCUT2D eigenvalue weighted by Crippen LogP contribution is -2.46. The van der Waals surface area contributed by atoms with E-state index < -0.39 is 0 Å². The zero-order chi connectivity index (χ0) is 16.4. The lowest BCUT2D eigenvalue weighted by Gasteiger charge is -2.34. The molecule has 1 aromatic carbocycles. The van der Waals surface area contributed by atoms with Gasteiger partial charge in [0.1, 0.15) is 11.6 Å². The van der Waals surface area contributed by atoms with Gasteiger partial charge >= 0.3 is 0 Å². The molecule has 1 aliphatic rings. The number of aromatic nitrogens is 2. The fourth-order valence-electron chi connectivity index (χ4n) is 2.59. The lowest BCUT2D eigenvalue weighted by atomic mass is 10.2. The molecule has 4 nitrogen and oxygen atoms in total. The smallest absolute Gasteiger partial charge is 0.205 e. The molecular weight excluding hydrogens is 335 g/mol. The monoisotopic (exact) mass is 354 g/mol. The van der Waals surface area contributed by atoms with E-state index in [2.05, 4.69) is 33.0 Å². The predicted octanol–water partition coefficient (Wildman–Crippen LogP) is 3.78. The van der Waals surface area contributed by atoms with Crippen molar-refractivity contribution >= 4 is 28.3 Å². The first-order valence-corrected chi connectivity index (χ1v) is 8.93. The van der Waals surface area contributed by atoms with Crippen LogP contribution >= 0.6 is 23.1 Å². The van der Waals surface area contributed by atoms with Gasteiger partial charge in [0.25, 0.3) is 0 Å². The molecule has 0 spiro atoms. The Kier molecular flexibility index (Phi) is 5.14. The summed E-state index contributed by atoms with van der Waals surface area (Å²) >= 11 is 7.57. The normalized spacial score (nSPS) is 16.3. The van der Waals surface area contributed by atoms with Gasteiger partial charge in [-0.1, -0.05) is 31.5 Å². The summed E-state index contributed by atoms with van der Waals surface area (Å²) in [6.07, 6.45) is 0. The summed E-state index contributed by atoms with van der Waals surface area (Å²) in [5.74, 6) is 1.03. The van der Waals surface area contributed by atoms with Gasteiger partial charge in [0, 0.05) is 60.8 Å². The van der Waals surface area contributed by atoms with Crippen molar-refractivity contribution in [2.75, 3.05) is 31.1 Å². The molecule has 2 heterocycles. The summed E-state index contributed by atoms with van der Waals surface area (Å²) in [6, 6.07) is 4.85. The van der Waals surface area contributed by atoms with Crippen molar-refractivity contribution in [2.24, 2.45) is 0 Å². The molecule has 0 aliphatic carbocycles. The Morgan fingerprint density at radius 2 is 2.00 bits per heavy atom. The van der Waals surface area contributed by atoms with Crippen LogP contribution in [-0.4, -0.2) is 40.4 Å². The average Bonchev–Trinajstić information content (AvgIpc) is 3.02. The van der Waals surface area contributed by atoms with Crippen LogP contribution in [-0.2, 0) is 6.54 Å². The SMILES string of the molecule is CC(C)c1nsc(N2CCN(Cc3c(F)cccc3Cl)CC2)n1. The Morgan fingerprint density at radius 3 is 2.61 bits per heavy atom. The van der Waals surface area contributed by atoms with Crippen LogP contribution in [0.1, 0.15) is 31.2 Å². The second-order valence-corrected chi connectivity index (χ2v) is 7.19. The summed E-state index contributed by atoms with van der Waals surface area (Å²) < 4.78 is 18.3. The van der Waals surface area contributed by atoms with E-state index in [0.29, 0.717) is 23.0 Å². The molecule has 0 radical (unpaired) electrons. The first kappa shape index (κ1) is 16.6. The molecule has 0 atom stereocenters. The predicted molar refractivity (Wildman–Crippen MR) is 92.9 cm³/mol. The number of benzene rings is 1. The number of nitrogens with zero attached hydrogens (tertiary/aromatic N) is 4. The van der Waals surface area contributed by atoms with E-state index in [1.807, 2.05) is 0 Å². The van der Waals surface area contributed by atoms with Crippen molar-refractivity contribution in [1.82, 2.24) is 14.3 Å². The van der Waals surface area contributed by atoms with Crippen LogP contribution in [0.2, 0.25) is 5.02 Å². The minimum Gasteiger partial charge on any atom is -0.344 e. The van der Waals surface area contributed by atoms with E-state index in [4.69, 9.17) is 11.6 Å². The minimum atomic E-state index is -0.231. The van der Waals surface area contributed by atoms with Crippen molar-refractivity contribution in [1.29, 1.82) is 0 Å². The highest BCUT2D eigenvalue weighted by Crippen LogP contribution is 2.24. The molecular formula is C16H20ClFN4S. The number of hydrogen-bond acceptors (Lipinski definition) is 5. The number of anilines is 1. The highest BCUT2D eigenvalue weighted by Gasteiger charge is 2.22. The fourth-order valence-corrected chi connectivity index (χ4v) is 3.68. The van der Waals surface area contributed by atoms with Crippen molar-refractivity contribution in [3.8, 4) is 0 Å². The molecule has 0 saturated carbocycles. The van der Waals surface area contributed by atoms with Crippen LogP contribution in [0.3, 0.4) is 0 Å². The van der Waals surface area contributed by atoms with Crippen LogP contribution in [0.5, 0.6) is 0 Å². The van der Waals surface area contributed by atoms with Crippen LogP contribution in [0.25, 0.3) is 0 Å². The Balaban J connectivity index is 1.60. The average molecular weight is 355 g/mol. The second kappa shape index (κ2) is 7.11. The summed E-state index contributed by atoms with van der Waals surface area (Å²) in [5.41, 5.74) is 0.584. The number of rotatable bonds is 4. The number of halogens is 2. The minimum absolute atomic E-state index is 0.231. The van der Waals surface area contributed by atoms with Crippen LogP contribution in [0.4, 0.5) is 9.52 Å². The van der Waals surface area contributed by atoms with E-state index in [0.717, 1.165) is 37.1 Å². The van der Waals surface area contributed by atoms with Gasteiger partial charge < -0.3 is 4.90 Å². The molecule has 1 fully saturated rings. The zero-order valence-electron chi connectivity index (χ0n) is 13.3. The molecule has 0 N–H and O–H groups in total. The van der Waals surface area contributed by atoms with E-state index in [-0.39, 0.29) is 5.82 Å². The Hall–Kier alpha value is -1.24. The van der Waals surface area contributed by atoms with Gasteiger partial charge in [-0.15, -0.1) is 0 Å². The molecule has 124 valence electrons. The Bertz CT molecular complexity index is 648. The molecule has 23 heavy (non-hydrogen) atoms. The van der Waals surface area contributed by atoms with Crippen molar-refractivity contribution < 1.29 is 4.39 Å². The topological polar surface area (TPSA) is 32.3 Å². The highest BCUT2D eigenvalue weighted by atomic mass is 35.5. The van der Waals surface area contributed by atoms with Gasteiger partial charge in [0.2, 0.25) is 5.13 Å². The van der Waals surface area contributed by atoms with Crippen LogP contribution in [0.15, 0.2) is 18.2 Å². The van der Waals surface area contributed by atoms with Crippen molar-refractivity contribution in [3.05, 3.63) is 40.4 Å². The molecule has 0 bridgehead atoms. The largest absolute Gasteiger partial charge is 0.344 e. The second-order valence-electron chi connectivity index (χ2n) is 6.05. The van der Waals surface area contributed by atoms with Gasteiger partial charge in [0.15, 0.2) is 0 Å². The third-order valence-corrected chi connectivity index (χ3v) is 5.18. The number of hydrogen-bond donors (Lipinski definition) is 0. The van der Waals surface area contributed by atoms with E-state index in [1.165, 1.54) is 17.6 Å². The van der Waals surface area contributed by atoms with Crippen LogP contribution in [0, 0.1) is 5.82 Å². The maximum atomic E-state index is 13.9. The van der Waals surface area contributed by atoms with Gasteiger partial charge in [-0.3, -0.25) is 4.90 Å². The Labute approximate surface area is 145 Å². The first-order valence-electron chi connectivity index (χ1n) is 7.78. The molecule has 0 amide bonds. The quantitative estimate of drug-likeness (QED) is 0.836. The summed E-state index contributed by atoms with van der Waals surface area (Å²) in [4.78, 5) is 9.08. The van der Waals surface area contributed by atoms with E-state index in [9.17, 15) is 4.39 Å². The third-order valence-electron chi connectivity index (χ3n) is 4.03. The molecule has 7 heteroatoms. The maximum Gasteiger partial charge on any atom is 0.205 e. The molecule has 0 unspecified atom stereocenters. The maximum absolute atomic E-state index is 13.9. The summed E-state index contributed by atoms with van der Waals surface area (Å²) in [5, 5.41) is 1.48. The highest BCUT2D eigenvalue weighted by molar-refractivity contribution is 7.09. The van der Waals surface area contributed by atoms with Gasteiger partial charge in [-0.25, -0.2) is 9.37 Å².